The van der Waals surface area contributed by atoms with E-state index in [0.29, 0.717) is 6.54 Å². The Bertz CT molecular complexity index is 444. The largest absolute Gasteiger partial charge is 0.465 e. The Morgan fingerprint density at radius 2 is 2.50 bits per heavy atom. The van der Waals surface area contributed by atoms with Gasteiger partial charge in [-0.05, 0) is 18.2 Å². The molecule has 0 fully saturated rings. The number of furan rings is 1. The Kier molecular flexibility index (Phi) is 3.50. The molecule has 1 N–H and O–H groups in total. The van der Waals surface area contributed by atoms with Crippen molar-refractivity contribution in [3.8, 4) is 0 Å². The van der Waals surface area contributed by atoms with E-state index >= 15 is 0 Å². The summed E-state index contributed by atoms with van der Waals surface area (Å²) in [5.41, 5.74) is 0. The van der Waals surface area contributed by atoms with Crippen molar-refractivity contribution in [2.75, 3.05) is 6.54 Å². The van der Waals surface area contributed by atoms with Gasteiger partial charge >= 0.3 is 0 Å². The van der Waals surface area contributed by atoms with Crippen molar-refractivity contribution < 1.29 is 4.42 Å². The maximum atomic E-state index is 5.16. The van der Waals surface area contributed by atoms with Gasteiger partial charge in [-0.3, -0.25) is 4.68 Å². The zero-order valence-electron chi connectivity index (χ0n) is 9.13. The lowest BCUT2D eigenvalue weighted by Gasteiger charge is -1.99. The Morgan fingerprint density at radius 1 is 1.56 bits per heavy atom. The average Bonchev–Trinajstić information content (AvgIpc) is 2.90. The molecule has 0 radical (unpaired) electrons. The van der Waals surface area contributed by atoms with Gasteiger partial charge in [-0.1, -0.05) is 6.08 Å². The third-order valence-corrected chi connectivity index (χ3v) is 2.18. The number of hydrogen-bond acceptors (Lipinski definition) is 4. The Balaban J connectivity index is 1.71. The van der Waals surface area contributed by atoms with Gasteiger partial charge in [-0.15, -0.1) is 0 Å². The highest BCUT2D eigenvalue weighted by Gasteiger charge is 1.97. The summed E-state index contributed by atoms with van der Waals surface area (Å²) in [6, 6.07) is 3.78. The quantitative estimate of drug-likeness (QED) is 0.766. The van der Waals surface area contributed by atoms with Crippen molar-refractivity contribution in [1.82, 2.24) is 20.1 Å². The Hall–Kier alpha value is -1.88. The van der Waals surface area contributed by atoms with Crippen LogP contribution in [0, 0.1) is 0 Å². The van der Waals surface area contributed by atoms with E-state index in [-0.39, 0.29) is 0 Å². The number of rotatable bonds is 5. The molecule has 0 unspecified atom stereocenters. The summed E-state index contributed by atoms with van der Waals surface area (Å²) in [6.07, 6.45) is 7.15. The predicted molar refractivity (Wildman–Crippen MR) is 60.5 cm³/mol. The van der Waals surface area contributed by atoms with E-state index in [4.69, 9.17) is 4.42 Å². The van der Waals surface area contributed by atoms with Gasteiger partial charge in [-0.25, -0.2) is 4.98 Å². The maximum Gasteiger partial charge on any atom is 0.140 e. The fraction of sp³-hybridized carbons (Fsp3) is 0.273. The first-order chi connectivity index (χ1) is 7.86. The molecule has 0 spiro atoms. The minimum atomic E-state index is 0.707. The molecule has 5 nitrogen and oxygen atoms in total. The molecule has 0 aliphatic carbocycles. The third-order valence-electron chi connectivity index (χ3n) is 2.18. The van der Waals surface area contributed by atoms with Crippen LogP contribution in [-0.2, 0) is 13.6 Å². The van der Waals surface area contributed by atoms with E-state index in [2.05, 4.69) is 15.4 Å². The van der Waals surface area contributed by atoms with E-state index in [1.807, 2.05) is 31.3 Å². The SMILES string of the molecule is Cn1ncnc1CNC/C=C/c1ccco1. The minimum Gasteiger partial charge on any atom is -0.465 e. The van der Waals surface area contributed by atoms with Gasteiger partial charge in [0.05, 0.1) is 12.8 Å². The van der Waals surface area contributed by atoms with E-state index in [1.54, 1.807) is 17.3 Å². The Morgan fingerprint density at radius 3 is 3.19 bits per heavy atom. The highest BCUT2D eigenvalue weighted by Crippen LogP contribution is 2.01. The van der Waals surface area contributed by atoms with Gasteiger partial charge < -0.3 is 9.73 Å². The summed E-state index contributed by atoms with van der Waals surface area (Å²) < 4.78 is 6.92. The second-order valence-corrected chi connectivity index (χ2v) is 3.35. The van der Waals surface area contributed by atoms with Crippen molar-refractivity contribution in [2.24, 2.45) is 7.05 Å². The molecule has 2 aromatic heterocycles. The zero-order valence-corrected chi connectivity index (χ0v) is 9.13. The van der Waals surface area contributed by atoms with Gasteiger partial charge in [-0.2, -0.15) is 5.10 Å². The van der Waals surface area contributed by atoms with Crippen LogP contribution in [0.2, 0.25) is 0 Å². The predicted octanol–water partition coefficient (Wildman–Crippen LogP) is 1.21. The summed E-state index contributed by atoms with van der Waals surface area (Å²) in [5.74, 6) is 1.78. The van der Waals surface area contributed by atoms with E-state index < -0.39 is 0 Å². The molecule has 16 heavy (non-hydrogen) atoms. The highest BCUT2D eigenvalue weighted by atomic mass is 16.3. The molecule has 0 bridgehead atoms. The summed E-state index contributed by atoms with van der Waals surface area (Å²) in [5, 5.41) is 7.23. The maximum absolute atomic E-state index is 5.16. The van der Waals surface area contributed by atoms with Crippen molar-refractivity contribution in [1.29, 1.82) is 0 Å². The number of aryl methyl sites for hydroxylation is 1. The molecule has 2 rings (SSSR count). The second kappa shape index (κ2) is 5.27. The summed E-state index contributed by atoms with van der Waals surface area (Å²) >= 11 is 0. The van der Waals surface area contributed by atoms with Crippen LogP contribution in [0.15, 0.2) is 35.2 Å². The topological polar surface area (TPSA) is 55.9 Å². The Labute approximate surface area is 93.8 Å². The molecule has 84 valence electrons. The first-order valence-corrected chi connectivity index (χ1v) is 5.10. The normalized spacial score (nSPS) is 11.3. The van der Waals surface area contributed by atoms with Crippen LogP contribution in [-0.4, -0.2) is 21.3 Å². The molecule has 0 amide bonds. The van der Waals surface area contributed by atoms with Crippen LogP contribution in [0.1, 0.15) is 11.6 Å². The summed E-state index contributed by atoms with van der Waals surface area (Å²) in [7, 11) is 1.88. The van der Waals surface area contributed by atoms with Crippen LogP contribution in [0.5, 0.6) is 0 Å². The van der Waals surface area contributed by atoms with Crippen molar-refractivity contribution in [3.63, 3.8) is 0 Å². The first-order valence-electron chi connectivity index (χ1n) is 5.10. The molecule has 0 aromatic carbocycles. The standard InChI is InChI=1S/C11H14N4O/c1-15-11(13-9-14-15)8-12-6-2-4-10-5-3-7-16-10/h2-5,7,9,12H,6,8H2,1H3/b4-2+. The van der Waals surface area contributed by atoms with Crippen molar-refractivity contribution >= 4 is 6.08 Å². The molecule has 0 atom stereocenters. The number of nitrogens with zero attached hydrogens (tertiary/aromatic N) is 3. The molecule has 0 aliphatic heterocycles. The molecule has 2 heterocycles. The van der Waals surface area contributed by atoms with Crippen LogP contribution in [0.4, 0.5) is 0 Å². The lowest BCUT2D eigenvalue weighted by Crippen LogP contribution is -2.16. The van der Waals surface area contributed by atoms with Gasteiger partial charge in [0.25, 0.3) is 0 Å². The number of hydrogen-bond donors (Lipinski definition) is 1. The van der Waals surface area contributed by atoms with Crippen LogP contribution >= 0.6 is 0 Å². The highest BCUT2D eigenvalue weighted by molar-refractivity contribution is 5.42. The zero-order chi connectivity index (χ0) is 11.2. The molecule has 5 heteroatoms. The van der Waals surface area contributed by atoms with E-state index in [0.717, 1.165) is 18.1 Å². The molecule has 0 saturated carbocycles. The average molecular weight is 218 g/mol. The molecular formula is C11H14N4O. The lowest BCUT2D eigenvalue weighted by atomic mass is 10.4. The van der Waals surface area contributed by atoms with Crippen molar-refractivity contribution in [3.05, 3.63) is 42.4 Å². The fourth-order valence-corrected chi connectivity index (χ4v) is 1.31. The molecule has 0 saturated heterocycles. The second-order valence-electron chi connectivity index (χ2n) is 3.35. The number of aromatic nitrogens is 3. The van der Waals surface area contributed by atoms with E-state index in [9.17, 15) is 0 Å². The van der Waals surface area contributed by atoms with Gasteiger partial charge in [0, 0.05) is 13.6 Å². The minimum absolute atomic E-state index is 0.707. The monoisotopic (exact) mass is 218 g/mol. The smallest absolute Gasteiger partial charge is 0.140 e. The summed E-state index contributed by atoms with van der Waals surface area (Å²) in [6.45, 7) is 1.48. The molecular weight excluding hydrogens is 204 g/mol. The van der Waals surface area contributed by atoms with Gasteiger partial charge in [0.15, 0.2) is 0 Å². The lowest BCUT2D eigenvalue weighted by molar-refractivity contribution is 0.556. The van der Waals surface area contributed by atoms with Crippen LogP contribution < -0.4 is 5.32 Å². The van der Waals surface area contributed by atoms with E-state index in [1.165, 1.54) is 0 Å². The van der Waals surface area contributed by atoms with Crippen LogP contribution in [0.3, 0.4) is 0 Å². The van der Waals surface area contributed by atoms with Crippen LogP contribution in [0.25, 0.3) is 6.08 Å². The first kappa shape index (κ1) is 10.6. The molecule has 0 aliphatic rings. The third kappa shape index (κ3) is 2.80. The van der Waals surface area contributed by atoms with Crippen molar-refractivity contribution in [2.45, 2.75) is 6.54 Å². The van der Waals surface area contributed by atoms with Gasteiger partial charge in [0.2, 0.25) is 0 Å². The molecule has 2 aromatic rings. The number of nitrogens with one attached hydrogen (secondary N) is 1. The van der Waals surface area contributed by atoms with Gasteiger partial charge in [0.1, 0.15) is 17.9 Å². The fourth-order valence-electron chi connectivity index (χ4n) is 1.31. The summed E-state index contributed by atoms with van der Waals surface area (Å²) in [4.78, 5) is 4.11.